The molecule has 0 radical (unpaired) electrons. The van der Waals surface area contributed by atoms with Gasteiger partial charge in [-0.15, -0.1) is 0 Å². The molecule has 5 N–H and O–H groups in total. The third kappa shape index (κ3) is 2.19. The highest BCUT2D eigenvalue weighted by molar-refractivity contribution is 6.52. The van der Waals surface area contributed by atoms with E-state index in [4.69, 9.17) is 0 Å². The van der Waals surface area contributed by atoms with E-state index in [1.165, 1.54) is 0 Å². The van der Waals surface area contributed by atoms with E-state index in [2.05, 4.69) is 26.6 Å². The predicted octanol–water partition coefficient (Wildman–Crippen LogP) is 4.79. The smallest absolute Gasteiger partial charge is 0.252 e. The molecule has 220 valence electrons. The van der Waals surface area contributed by atoms with Crippen molar-refractivity contribution in [2.75, 3.05) is 0 Å². The quantitative estimate of drug-likeness (QED) is 0.160. The maximum atomic E-state index is 14.0. The fraction of sp³-hybridized carbons (Fsp3) is 0.286. The third-order valence-electron chi connectivity index (χ3n) is 11.5. The summed E-state index contributed by atoms with van der Waals surface area (Å²) in [5, 5.41) is 23.3. The number of hydrogen-bond acceptors (Lipinski definition) is 5. The minimum Gasteiger partial charge on any atom is -0.345 e. The van der Waals surface area contributed by atoms with Crippen molar-refractivity contribution in [1.82, 2.24) is 26.6 Å². The predicted molar refractivity (Wildman–Crippen MR) is 167 cm³/mol. The largest absolute Gasteiger partial charge is 0.345 e. The van der Waals surface area contributed by atoms with Crippen LogP contribution in [-0.2, 0) is 0 Å². The van der Waals surface area contributed by atoms with Gasteiger partial charge in [0, 0.05) is 26.9 Å². The summed E-state index contributed by atoms with van der Waals surface area (Å²) in [6.45, 7) is 9.62. The highest BCUT2D eigenvalue weighted by Gasteiger charge is 2.48. The topological polar surface area (TPSA) is 146 Å². The first kappa shape index (κ1) is 24.1. The van der Waals surface area contributed by atoms with Gasteiger partial charge in [-0.2, -0.15) is 0 Å². The van der Waals surface area contributed by atoms with Crippen LogP contribution in [0.4, 0.5) is 0 Å². The molecule has 0 bridgehead atoms. The van der Waals surface area contributed by atoms with Crippen LogP contribution in [0.3, 0.4) is 0 Å². The minimum atomic E-state index is -0.387. The Hall–Kier alpha value is -5.25. The Morgan fingerprint density at radius 3 is 0.600 bits per heavy atom. The van der Waals surface area contributed by atoms with Gasteiger partial charge in [0.25, 0.3) is 29.5 Å². The molecule has 5 aliphatic rings. The maximum absolute atomic E-state index is 14.0. The van der Waals surface area contributed by atoms with Gasteiger partial charge in [-0.25, -0.2) is 0 Å². The van der Waals surface area contributed by atoms with Gasteiger partial charge in [0.1, 0.15) is 0 Å². The van der Waals surface area contributed by atoms with Crippen molar-refractivity contribution in [3.05, 3.63) is 55.6 Å². The van der Waals surface area contributed by atoms with E-state index in [1.807, 2.05) is 34.6 Å². The molecule has 5 heterocycles. The van der Waals surface area contributed by atoms with Gasteiger partial charge in [-0.05, 0) is 89.4 Å². The molecule has 6 aromatic carbocycles. The van der Waals surface area contributed by atoms with Gasteiger partial charge in [0.05, 0.1) is 58.0 Å². The normalized spacial score (nSPS) is 26.3. The minimum absolute atomic E-state index is 0.234. The van der Waals surface area contributed by atoms with E-state index >= 15 is 0 Å². The van der Waals surface area contributed by atoms with E-state index in [0.29, 0.717) is 27.8 Å². The number of benzene rings is 5. The van der Waals surface area contributed by atoms with Gasteiger partial charge >= 0.3 is 0 Å². The zero-order valence-corrected chi connectivity index (χ0v) is 24.9. The van der Waals surface area contributed by atoms with E-state index in [1.54, 1.807) is 0 Å². The van der Waals surface area contributed by atoms with Crippen LogP contribution in [0.5, 0.6) is 0 Å². The molecule has 0 fully saturated rings. The molecule has 0 aromatic heterocycles. The molecule has 5 atom stereocenters. The fourth-order valence-electron chi connectivity index (χ4n) is 10.2. The first-order chi connectivity index (χ1) is 21.5. The molecular weight excluding hydrogens is 570 g/mol. The molecule has 10 heteroatoms. The molecule has 5 amide bonds. The SMILES string of the molecule is CC1NC(=O)c2c1c1c3c(c4c5c(c6c7c(c8c9c(c2c2c1c4c6c82)C(C)NC9=O)C(C)NC7=O)C(C)NC5=O)C(C)NC3=O. The molecule has 45 heavy (non-hydrogen) atoms. The lowest BCUT2D eigenvalue weighted by atomic mass is 9.81. The second kappa shape index (κ2) is 6.86. The summed E-state index contributed by atoms with van der Waals surface area (Å²) in [5.41, 5.74) is 6.24. The third-order valence-corrected chi connectivity index (χ3v) is 11.5. The summed E-state index contributed by atoms with van der Waals surface area (Å²) in [7, 11) is 0. The molecule has 0 saturated heterocycles. The number of rotatable bonds is 0. The van der Waals surface area contributed by atoms with Crippen LogP contribution >= 0.6 is 0 Å². The summed E-state index contributed by atoms with van der Waals surface area (Å²) >= 11 is 0. The number of carbonyl (C=O) groups is 5. The summed E-state index contributed by atoms with van der Waals surface area (Å²) in [5.74, 6) is -1.17. The Balaban J connectivity index is 1.62. The average molecular weight is 596 g/mol. The second-order valence-electron chi connectivity index (χ2n) is 13.7. The molecule has 0 aliphatic carbocycles. The summed E-state index contributed by atoms with van der Waals surface area (Å²) in [6.07, 6.45) is 0. The second-order valence-corrected chi connectivity index (χ2v) is 13.7. The summed E-state index contributed by atoms with van der Waals surface area (Å²) in [4.78, 5) is 69.8. The van der Waals surface area contributed by atoms with Crippen molar-refractivity contribution in [2.45, 2.75) is 64.8 Å². The zero-order valence-electron chi connectivity index (χ0n) is 24.9. The summed E-state index contributed by atoms with van der Waals surface area (Å²) in [6, 6.07) is -1.94. The fourth-order valence-corrected chi connectivity index (χ4v) is 10.2. The lowest BCUT2D eigenvalue weighted by molar-refractivity contribution is 0.0951. The van der Waals surface area contributed by atoms with Crippen molar-refractivity contribution in [1.29, 1.82) is 0 Å². The van der Waals surface area contributed by atoms with Crippen molar-refractivity contribution >= 4 is 83.4 Å². The van der Waals surface area contributed by atoms with Gasteiger partial charge < -0.3 is 26.6 Å². The van der Waals surface area contributed by atoms with Crippen LogP contribution in [0.15, 0.2) is 0 Å². The Labute approximate surface area is 254 Å². The Morgan fingerprint density at radius 2 is 0.444 bits per heavy atom. The van der Waals surface area contributed by atoms with Crippen molar-refractivity contribution in [3.63, 3.8) is 0 Å². The molecule has 5 unspecified atom stereocenters. The lowest BCUT2D eigenvalue weighted by Crippen LogP contribution is -2.17. The van der Waals surface area contributed by atoms with E-state index in [-0.39, 0.29) is 59.7 Å². The van der Waals surface area contributed by atoms with Crippen LogP contribution in [0.1, 0.15) is 144 Å². The monoisotopic (exact) mass is 595 g/mol. The average Bonchev–Trinajstić information content (AvgIpc) is 3.78. The van der Waals surface area contributed by atoms with Crippen LogP contribution in [0.25, 0.3) is 53.9 Å². The van der Waals surface area contributed by atoms with E-state index < -0.39 is 0 Å². The molecule has 10 nitrogen and oxygen atoms in total. The van der Waals surface area contributed by atoms with Crippen molar-refractivity contribution in [3.8, 4) is 0 Å². The Kier molecular flexibility index (Phi) is 3.67. The van der Waals surface area contributed by atoms with E-state index in [0.717, 1.165) is 81.7 Å². The lowest BCUT2D eigenvalue weighted by Gasteiger charge is -2.20. The van der Waals surface area contributed by atoms with Crippen molar-refractivity contribution in [2.24, 2.45) is 0 Å². The van der Waals surface area contributed by atoms with Gasteiger partial charge in [0.15, 0.2) is 0 Å². The molecule has 11 rings (SSSR count). The highest BCUT2D eigenvalue weighted by atomic mass is 16.2. The molecular formula is C35H25N5O5. The van der Waals surface area contributed by atoms with Gasteiger partial charge in [-0.1, -0.05) is 0 Å². The maximum Gasteiger partial charge on any atom is 0.252 e. The molecule has 6 aromatic rings. The first-order valence-electron chi connectivity index (χ1n) is 15.5. The number of nitrogens with one attached hydrogen (secondary N) is 5. The Morgan fingerprint density at radius 1 is 0.289 bits per heavy atom. The van der Waals surface area contributed by atoms with Crippen LogP contribution < -0.4 is 26.6 Å². The van der Waals surface area contributed by atoms with Crippen LogP contribution in [-0.4, -0.2) is 29.5 Å². The van der Waals surface area contributed by atoms with Crippen molar-refractivity contribution < 1.29 is 24.0 Å². The number of hydrogen-bond donors (Lipinski definition) is 5. The number of carbonyl (C=O) groups excluding carboxylic acids is 5. The molecule has 0 spiro atoms. The molecule has 0 saturated carbocycles. The number of amides is 5. The molecule has 5 aliphatic heterocycles. The zero-order chi connectivity index (χ0) is 30.9. The Bertz CT molecular complexity index is 2160. The van der Waals surface area contributed by atoms with Gasteiger partial charge in [0.2, 0.25) is 0 Å². The number of fused-ring (bicyclic) bond motifs is 15. The summed E-state index contributed by atoms with van der Waals surface area (Å²) < 4.78 is 0. The van der Waals surface area contributed by atoms with E-state index in [9.17, 15) is 24.0 Å². The van der Waals surface area contributed by atoms with Crippen LogP contribution in [0, 0.1) is 0 Å². The first-order valence-corrected chi connectivity index (χ1v) is 15.5. The van der Waals surface area contributed by atoms with Gasteiger partial charge in [-0.3, -0.25) is 24.0 Å². The van der Waals surface area contributed by atoms with Crippen LogP contribution in [0.2, 0.25) is 0 Å². The standard InChI is InChI=1S/C35H25N5O5/c1-6-11-16-21-22-17(26(11)31(41)36-6)12-7(2)38-33(43)28(12)19-14-9(4)40-35(45)30(14)20-15-10(5)39-34(44)29(15)18(23(21)25(20)24(19)22)13-8(3)37-32(42)27(13)16/h6-10H,1-5H3,(H,36,41)(H,37,42)(H,38,43)(H,39,44)(H,40,45). The highest BCUT2D eigenvalue weighted by Crippen LogP contribution is 2.61.